The molecule has 2 aliphatic heterocycles. The number of carboxylic acid groups (broad SMARTS) is 1. The van der Waals surface area contributed by atoms with Gasteiger partial charge in [0.15, 0.2) is 0 Å². The van der Waals surface area contributed by atoms with Crippen molar-refractivity contribution in [1.29, 1.82) is 0 Å². The van der Waals surface area contributed by atoms with Crippen molar-refractivity contribution in [3.63, 3.8) is 0 Å². The highest BCUT2D eigenvalue weighted by atomic mass is 35.5. The molecule has 0 bridgehead atoms. The fraction of sp³-hybridized carbons (Fsp3) is 0.393. The van der Waals surface area contributed by atoms with Gasteiger partial charge in [-0.2, -0.15) is 0 Å². The molecule has 2 heterocycles. The quantitative estimate of drug-likeness (QED) is 0.222. The number of fused-ring (bicyclic) bond motifs is 2. The summed E-state index contributed by atoms with van der Waals surface area (Å²) in [5.74, 6) is -2.48. The second-order valence-electron chi connectivity index (χ2n) is 9.28. The predicted molar refractivity (Wildman–Crippen MR) is 147 cm³/mol. The van der Waals surface area contributed by atoms with Crippen LogP contribution >= 0.6 is 12.4 Å². The van der Waals surface area contributed by atoms with Crippen LogP contribution < -0.4 is 15.0 Å². The molecule has 0 saturated carbocycles. The van der Waals surface area contributed by atoms with Crippen molar-refractivity contribution in [2.75, 3.05) is 31.2 Å². The van der Waals surface area contributed by atoms with Crippen molar-refractivity contribution < 1.29 is 38.6 Å². The van der Waals surface area contributed by atoms with E-state index in [4.69, 9.17) is 9.47 Å². The summed E-state index contributed by atoms with van der Waals surface area (Å²) in [5.41, 5.74) is 1.15. The Bertz CT molecular complexity index is 1230. The van der Waals surface area contributed by atoms with Crippen molar-refractivity contribution >= 4 is 47.8 Å². The van der Waals surface area contributed by atoms with Gasteiger partial charge in [0.1, 0.15) is 31.0 Å². The van der Waals surface area contributed by atoms with Gasteiger partial charge in [0, 0.05) is 6.54 Å². The molecule has 2 aliphatic rings. The van der Waals surface area contributed by atoms with Crippen LogP contribution in [0.25, 0.3) is 0 Å². The van der Waals surface area contributed by atoms with Gasteiger partial charge in [-0.1, -0.05) is 37.1 Å². The molecule has 2 aromatic carbocycles. The van der Waals surface area contributed by atoms with Crippen LogP contribution in [-0.2, 0) is 19.1 Å². The molecule has 0 fully saturated rings. The average molecular weight is 574 g/mol. The Hall–Kier alpha value is -3.96. The molecule has 0 radical (unpaired) electrons. The van der Waals surface area contributed by atoms with E-state index >= 15 is 0 Å². The fourth-order valence-corrected chi connectivity index (χ4v) is 4.76. The number of ether oxygens (including phenoxy) is 2. The molecule has 2 aromatic rings. The van der Waals surface area contributed by atoms with E-state index in [1.54, 1.807) is 55.5 Å². The summed E-state index contributed by atoms with van der Waals surface area (Å²) in [7, 11) is 0. The number of aliphatic carboxylic acids is 1. The number of rotatable bonds is 12. The first-order valence-corrected chi connectivity index (χ1v) is 12.9. The van der Waals surface area contributed by atoms with Gasteiger partial charge in [-0.15, -0.1) is 12.4 Å². The topological polar surface area (TPSA) is 143 Å². The number of halogens is 1. The van der Waals surface area contributed by atoms with Gasteiger partial charge in [-0.3, -0.25) is 39.1 Å². The number of nitrogens with zero attached hydrogens (tertiary/aromatic N) is 2. The maximum atomic E-state index is 13.3. The predicted octanol–water partition coefficient (Wildman–Crippen LogP) is 2.66. The normalized spacial score (nSPS) is 16.8. The summed E-state index contributed by atoms with van der Waals surface area (Å²) in [6.07, 6.45) is 2.06. The van der Waals surface area contributed by atoms with E-state index in [0.29, 0.717) is 48.2 Å². The number of hydrogen-bond acceptors (Lipinski definition) is 8. The van der Waals surface area contributed by atoms with Crippen molar-refractivity contribution in [1.82, 2.24) is 10.2 Å². The zero-order chi connectivity index (χ0) is 27.9. The van der Waals surface area contributed by atoms with E-state index in [9.17, 15) is 29.1 Å². The lowest BCUT2D eigenvalue weighted by Crippen LogP contribution is -2.54. The zero-order valence-electron chi connectivity index (χ0n) is 22.0. The molecule has 3 amide bonds. The lowest BCUT2D eigenvalue weighted by molar-refractivity contribution is -0.146. The highest BCUT2D eigenvalue weighted by Gasteiger charge is 2.36. The second kappa shape index (κ2) is 13.9. The molecule has 0 spiro atoms. The van der Waals surface area contributed by atoms with Gasteiger partial charge in [0.25, 0.3) is 11.8 Å². The van der Waals surface area contributed by atoms with Crippen LogP contribution in [0.1, 0.15) is 53.3 Å². The van der Waals surface area contributed by atoms with E-state index in [2.05, 4.69) is 5.32 Å². The number of para-hydroxylation sites is 2. The molecule has 12 heteroatoms. The van der Waals surface area contributed by atoms with Crippen molar-refractivity contribution in [3.8, 4) is 5.75 Å². The number of unbranched alkanes of at least 4 members (excludes halogenated alkanes) is 2. The van der Waals surface area contributed by atoms with Crippen LogP contribution in [0.2, 0.25) is 0 Å². The minimum absolute atomic E-state index is 0. The summed E-state index contributed by atoms with van der Waals surface area (Å²) in [6, 6.07) is 11.6. The van der Waals surface area contributed by atoms with Crippen LogP contribution in [0.4, 0.5) is 5.69 Å². The summed E-state index contributed by atoms with van der Waals surface area (Å²) in [4.78, 5) is 65.0. The van der Waals surface area contributed by atoms with Crippen molar-refractivity contribution in [3.05, 3.63) is 59.7 Å². The zero-order valence-corrected chi connectivity index (χ0v) is 22.9. The molecule has 2 atom stereocenters. The SMILES string of the molecule is CCOC(=O)[C@H](CCCCCN1C(=O)c2ccccc2C1=O)N[C@H]1COc2ccccc2N(CC(=O)O)C1=O.Cl. The second-order valence-corrected chi connectivity index (χ2v) is 9.28. The summed E-state index contributed by atoms with van der Waals surface area (Å²) in [6.45, 7) is 1.45. The molecular weight excluding hydrogens is 542 g/mol. The number of nitrogens with one attached hydrogen (secondary N) is 1. The van der Waals surface area contributed by atoms with Gasteiger partial charge in [0.05, 0.1) is 23.4 Å². The largest absolute Gasteiger partial charge is 0.489 e. The molecule has 2 N–H and O–H groups in total. The third-order valence-corrected chi connectivity index (χ3v) is 6.65. The highest BCUT2D eigenvalue weighted by Crippen LogP contribution is 2.31. The fourth-order valence-electron chi connectivity index (χ4n) is 4.76. The van der Waals surface area contributed by atoms with E-state index in [1.807, 2.05) is 0 Å². The maximum absolute atomic E-state index is 13.3. The number of esters is 1. The number of hydrogen-bond donors (Lipinski definition) is 2. The first-order chi connectivity index (χ1) is 18.8. The Morgan fingerprint density at radius 2 is 1.65 bits per heavy atom. The van der Waals surface area contributed by atoms with Crippen LogP contribution in [-0.4, -0.2) is 78.1 Å². The van der Waals surface area contributed by atoms with E-state index in [-0.39, 0.29) is 44.0 Å². The maximum Gasteiger partial charge on any atom is 0.323 e. The molecule has 4 rings (SSSR count). The molecule has 214 valence electrons. The first kappa shape index (κ1) is 30.6. The number of anilines is 1. The van der Waals surface area contributed by atoms with Crippen LogP contribution in [0.3, 0.4) is 0 Å². The van der Waals surface area contributed by atoms with Crippen molar-refractivity contribution in [2.45, 2.75) is 44.7 Å². The molecule has 0 aromatic heterocycles. The molecule has 0 saturated heterocycles. The first-order valence-electron chi connectivity index (χ1n) is 12.9. The average Bonchev–Trinajstić information content (AvgIpc) is 3.09. The lowest BCUT2D eigenvalue weighted by Gasteiger charge is -2.26. The van der Waals surface area contributed by atoms with Gasteiger partial charge in [-0.25, -0.2) is 0 Å². The number of amides is 3. The van der Waals surface area contributed by atoms with Crippen LogP contribution in [0, 0.1) is 0 Å². The van der Waals surface area contributed by atoms with Crippen molar-refractivity contribution in [2.24, 2.45) is 0 Å². The summed E-state index contributed by atoms with van der Waals surface area (Å²) >= 11 is 0. The monoisotopic (exact) mass is 573 g/mol. The van der Waals surface area contributed by atoms with Crippen LogP contribution in [0.5, 0.6) is 5.75 Å². The minimum atomic E-state index is -1.18. The Morgan fingerprint density at radius 3 is 2.30 bits per heavy atom. The van der Waals surface area contributed by atoms with E-state index in [0.717, 1.165) is 4.90 Å². The van der Waals surface area contributed by atoms with Gasteiger partial charge in [-0.05, 0) is 44.0 Å². The molecular formula is C28H32ClN3O8. The van der Waals surface area contributed by atoms with E-state index in [1.165, 1.54) is 4.90 Å². The minimum Gasteiger partial charge on any atom is -0.489 e. The molecule has 11 nitrogen and oxygen atoms in total. The van der Waals surface area contributed by atoms with E-state index < -0.39 is 36.5 Å². The van der Waals surface area contributed by atoms with Gasteiger partial charge in [0.2, 0.25) is 5.91 Å². The lowest BCUT2D eigenvalue weighted by atomic mass is 10.1. The molecule has 0 unspecified atom stereocenters. The summed E-state index contributed by atoms with van der Waals surface area (Å²) < 4.78 is 11.0. The Labute approximate surface area is 237 Å². The standard InChI is InChI=1S/C28H31N3O8.ClH/c1-2-38-28(37)20(12-4-3-9-15-30-25(34)18-10-5-6-11-19(18)26(30)35)29-21-17-39-23-14-8-7-13-22(23)31(27(21)36)16-24(32)33;/h5-8,10-11,13-14,20-21,29H,2-4,9,12,15-17H2,1H3,(H,32,33);1H/t20-,21-;/m0./s1. The van der Waals surface area contributed by atoms with Gasteiger partial charge < -0.3 is 14.6 Å². The number of imide groups is 1. The van der Waals surface area contributed by atoms with Gasteiger partial charge >= 0.3 is 11.9 Å². The number of carboxylic acids is 1. The number of carbonyl (C=O) groups excluding carboxylic acids is 4. The third-order valence-electron chi connectivity index (χ3n) is 6.65. The molecule has 0 aliphatic carbocycles. The Morgan fingerprint density at radius 1 is 1.00 bits per heavy atom. The third kappa shape index (κ3) is 6.78. The highest BCUT2D eigenvalue weighted by molar-refractivity contribution is 6.21. The smallest absolute Gasteiger partial charge is 0.323 e. The Balaban J connectivity index is 0.00000441. The Kier molecular flexibility index (Phi) is 10.6. The molecule has 40 heavy (non-hydrogen) atoms. The number of benzene rings is 2. The number of carbonyl (C=O) groups is 5. The summed E-state index contributed by atoms with van der Waals surface area (Å²) in [5, 5.41) is 12.4. The van der Waals surface area contributed by atoms with Crippen LogP contribution in [0.15, 0.2) is 48.5 Å².